The van der Waals surface area contributed by atoms with Crippen molar-refractivity contribution in [2.75, 3.05) is 12.4 Å². The van der Waals surface area contributed by atoms with Crippen LogP contribution in [0.2, 0.25) is 0 Å². The highest BCUT2D eigenvalue weighted by atomic mass is 32.2. The van der Waals surface area contributed by atoms with Gasteiger partial charge in [-0.15, -0.1) is 0 Å². The van der Waals surface area contributed by atoms with Gasteiger partial charge < -0.3 is 4.74 Å². The van der Waals surface area contributed by atoms with E-state index in [1.54, 1.807) is 11.8 Å². The summed E-state index contributed by atoms with van der Waals surface area (Å²) >= 11 is 1.77. The molecule has 1 spiro atoms. The zero-order chi connectivity index (χ0) is 22.3. The van der Waals surface area contributed by atoms with Gasteiger partial charge in [-0.3, -0.25) is 9.36 Å². The lowest BCUT2D eigenvalue weighted by Crippen LogP contribution is -2.44. The van der Waals surface area contributed by atoms with E-state index in [0.717, 1.165) is 67.1 Å². The first-order chi connectivity index (χ1) is 15.4. The summed E-state index contributed by atoms with van der Waals surface area (Å²) in [6, 6.07) is 8.80. The van der Waals surface area contributed by atoms with E-state index < -0.39 is 0 Å². The van der Waals surface area contributed by atoms with Gasteiger partial charge in [-0.2, -0.15) is 0 Å². The second kappa shape index (κ2) is 8.64. The van der Waals surface area contributed by atoms with Crippen LogP contribution in [0.25, 0.3) is 11.3 Å². The molecule has 1 aromatic carbocycles. The van der Waals surface area contributed by atoms with Crippen molar-refractivity contribution in [3.8, 4) is 11.3 Å². The molecule has 0 radical (unpaired) electrons. The molecule has 0 bridgehead atoms. The predicted octanol–water partition coefficient (Wildman–Crippen LogP) is 6.30. The fourth-order valence-electron chi connectivity index (χ4n) is 6.18. The van der Waals surface area contributed by atoms with Crippen LogP contribution in [-0.4, -0.2) is 27.5 Å². The Hall–Kier alpha value is -1.59. The highest BCUT2D eigenvalue weighted by Gasteiger charge is 2.45. The number of fused-ring (bicyclic) bond motifs is 4. The van der Waals surface area contributed by atoms with Crippen molar-refractivity contribution in [2.24, 2.45) is 0 Å². The number of hydrogen-bond donors (Lipinski definition) is 0. The molecule has 0 N–H and O–H groups in total. The fourth-order valence-corrected chi connectivity index (χ4v) is 7.32. The molecule has 2 heterocycles. The summed E-state index contributed by atoms with van der Waals surface area (Å²) in [5, 5.41) is 0.912. The number of thioether (sulfide) groups is 1. The Morgan fingerprint density at radius 2 is 2.00 bits per heavy atom. The summed E-state index contributed by atoms with van der Waals surface area (Å²) in [5.41, 5.74) is 4.51. The molecule has 1 aromatic heterocycles. The van der Waals surface area contributed by atoms with Crippen molar-refractivity contribution in [2.45, 2.75) is 101 Å². The van der Waals surface area contributed by atoms with Gasteiger partial charge in [0.15, 0.2) is 5.16 Å². The molecule has 3 aliphatic rings. The van der Waals surface area contributed by atoms with E-state index in [1.165, 1.54) is 24.0 Å². The largest absolute Gasteiger partial charge is 0.375 e. The van der Waals surface area contributed by atoms with Gasteiger partial charge in [-0.1, -0.05) is 62.2 Å². The molecule has 5 rings (SSSR count). The van der Waals surface area contributed by atoms with E-state index in [4.69, 9.17) is 9.72 Å². The third-order valence-electron chi connectivity index (χ3n) is 7.74. The predicted molar refractivity (Wildman–Crippen MR) is 132 cm³/mol. The molecule has 1 aliphatic heterocycles. The number of aromatic nitrogens is 2. The van der Waals surface area contributed by atoms with Gasteiger partial charge in [-0.25, -0.2) is 4.98 Å². The lowest BCUT2D eigenvalue weighted by Gasteiger charge is -2.40. The van der Waals surface area contributed by atoms with E-state index in [1.807, 2.05) is 0 Å². The molecular weight excluding hydrogens is 416 g/mol. The van der Waals surface area contributed by atoms with E-state index in [9.17, 15) is 4.79 Å². The Bertz CT molecular complexity index is 1050. The summed E-state index contributed by atoms with van der Waals surface area (Å²) < 4.78 is 8.10. The first kappa shape index (κ1) is 22.2. The average Bonchev–Trinajstić information content (AvgIpc) is 3.21. The SMILES string of the molecule is CCCCSc1nc2c(c(=O)n1[C@@H]1CCOC(C)(C)C1)C1(CCCC1)Cc1ccccc1-2. The van der Waals surface area contributed by atoms with Crippen molar-refractivity contribution in [3.63, 3.8) is 0 Å². The van der Waals surface area contributed by atoms with Gasteiger partial charge in [0.25, 0.3) is 5.56 Å². The maximum absolute atomic E-state index is 14.4. The Labute approximate surface area is 196 Å². The molecule has 1 atom stereocenters. The Balaban J connectivity index is 1.71. The van der Waals surface area contributed by atoms with Gasteiger partial charge >= 0.3 is 0 Å². The number of nitrogens with zero attached hydrogens (tertiary/aromatic N) is 2. The lowest BCUT2D eigenvalue weighted by atomic mass is 9.68. The first-order valence-corrected chi connectivity index (χ1v) is 13.4. The van der Waals surface area contributed by atoms with Gasteiger partial charge in [0, 0.05) is 29.4 Å². The lowest BCUT2D eigenvalue weighted by molar-refractivity contribution is -0.0710. The van der Waals surface area contributed by atoms with Crippen molar-refractivity contribution in [1.82, 2.24) is 9.55 Å². The van der Waals surface area contributed by atoms with Crippen LogP contribution in [0.1, 0.15) is 89.3 Å². The average molecular weight is 453 g/mol. The van der Waals surface area contributed by atoms with Crippen molar-refractivity contribution in [1.29, 1.82) is 0 Å². The zero-order valence-corrected chi connectivity index (χ0v) is 20.6. The molecule has 172 valence electrons. The highest BCUT2D eigenvalue weighted by molar-refractivity contribution is 7.99. The van der Waals surface area contributed by atoms with Gasteiger partial charge in [0.2, 0.25) is 0 Å². The van der Waals surface area contributed by atoms with Crippen LogP contribution in [0, 0.1) is 0 Å². The van der Waals surface area contributed by atoms with Crippen LogP contribution in [0.15, 0.2) is 34.2 Å². The molecule has 0 amide bonds. The van der Waals surface area contributed by atoms with Gasteiger partial charge in [0.05, 0.1) is 16.9 Å². The number of ether oxygens (including phenoxy) is 1. The number of hydrogen-bond acceptors (Lipinski definition) is 4. The van der Waals surface area contributed by atoms with Crippen LogP contribution in [0.4, 0.5) is 0 Å². The second-order valence-corrected chi connectivity index (χ2v) is 11.6. The molecule has 4 nitrogen and oxygen atoms in total. The fraction of sp³-hybridized carbons (Fsp3) is 0.630. The Morgan fingerprint density at radius 1 is 1.22 bits per heavy atom. The summed E-state index contributed by atoms with van der Waals surface area (Å²) in [4.78, 5) is 19.7. The minimum atomic E-state index is -0.207. The Morgan fingerprint density at radius 3 is 2.75 bits per heavy atom. The summed E-state index contributed by atoms with van der Waals surface area (Å²) in [7, 11) is 0. The molecular formula is C27H36N2O2S. The molecule has 2 aliphatic carbocycles. The third-order valence-corrected chi connectivity index (χ3v) is 8.78. The smallest absolute Gasteiger partial charge is 0.258 e. The topological polar surface area (TPSA) is 44.1 Å². The second-order valence-electron chi connectivity index (χ2n) is 10.6. The molecule has 0 unspecified atom stereocenters. The van der Waals surface area contributed by atoms with Crippen LogP contribution in [0.3, 0.4) is 0 Å². The molecule has 2 aromatic rings. The van der Waals surface area contributed by atoms with Gasteiger partial charge in [-0.05, 0) is 57.9 Å². The van der Waals surface area contributed by atoms with Gasteiger partial charge in [0.1, 0.15) is 0 Å². The third kappa shape index (κ3) is 3.86. The summed E-state index contributed by atoms with van der Waals surface area (Å²) in [6.07, 6.45) is 9.63. The number of unbranched alkanes of at least 4 members (excludes halogenated alkanes) is 1. The van der Waals surface area contributed by atoms with E-state index in [-0.39, 0.29) is 22.6 Å². The maximum atomic E-state index is 14.4. The molecule has 1 saturated heterocycles. The van der Waals surface area contributed by atoms with Crippen LogP contribution >= 0.6 is 11.8 Å². The number of rotatable bonds is 5. The standard InChI is InChI=1S/C27H36N2O2S/c1-4-5-16-32-25-28-23-21-11-7-6-10-19(21)17-27(13-8-9-14-27)22(23)24(30)29(25)20-12-15-31-26(2,3)18-20/h6-7,10-11,20H,4-5,8-9,12-18H2,1-3H3/t20-/m1/s1. The summed E-state index contributed by atoms with van der Waals surface area (Å²) in [6.45, 7) is 7.21. The minimum absolute atomic E-state index is 0.0389. The summed E-state index contributed by atoms with van der Waals surface area (Å²) in [5.74, 6) is 1.00. The first-order valence-electron chi connectivity index (χ1n) is 12.5. The van der Waals surface area contributed by atoms with E-state index in [0.29, 0.717) is 6.61 Å². The highest BCUT2D eigenvalue weighted by Crippen LogP contribution is 2.50. The Kier molecular flexibility index (Phi) is 6.00. The normalized spacial score (nSPS) is 23.2. The van der Waals surface area contributed by atoms with Crippen LogP contribution in [0.5, 0.6) is 0 Å². The molecule has 2 fully saturated rings. The van der Waals surface area contributed by atoms with Crippen molar-refractivity contribution >= 4 is 11.8 Å². The molecule has 32 heavy (non-hydrogen) atoms. The van der Waals surface area contributed by atoms with E-state index >= 15 is 0 Å². The molecule has 5 heteroatoms. The zero-order valence-electron chi connectivity index (χ0n) is 19.8. The van der Waals surface area contributed by atoms with Crippen molar-refractivity contribution < 1.29 is 4.74 Å². The quantitative estimate of drug-likeness (QED) is 0.303. The maximum Gasteiger partial charge on any atom is 0.258 e. The molecule has 1 saturated carbocycles. The number of benzene rings is 1. The van der Waals surface area contributed by atoms with Crippen molar-refractivity contribution in [3.05, 3.63) is 45.7 Å². The van der Waals surface area contributed by atoms with Crippen LogP contribution < -0.4 is 5.56 Å². The van der Waals surface area contributed by atoms with E-state index in [2.05, 4.69) is 49.6 Å². The minimum Gasteiger partial charge on any atom is -0.375 e. The van der Waals surface area contributed by atoms with Crippen LogP contribution in [-0.2, 0) is 16.6 Å². The monoisotopic (exact) mass is 452 g/mol.